The maximum atomic E-state index is 11.0. The quantitative estimate of drug-likeness (QED) is 0.514. The molecule has 0 amide bonds. The van der Waals surface area contributed by atoms with E-state index >= 15 is 0 Å². The first-order chi connectivity index (χ1) is 9.56. The van der Waals surface area contributed by atoms with E-state index in [9.17, 15) is 10.1 Å². The zero-order chi connectivity index (χ0) is 14.5. The number of rotatable bonds is 5. The van der Waals surface area contributed by atoms with Gasteiger partial charge in [-0.3, -0.25) is 10.1 Å². The second kappa shape index (κ2) is 6.85. The number of halogens is 1. The molecular formula is C13H19ClN4O2. The number of hydrogen-bond donors (Lipinski definition) is 1. The van der Waals surface area contributed by atoms with E-state index < -0.39 is 4.92 Å². The van der Waals surface area contributed by atoms with Gasteiger partial charge in [-0.25, -0.2) is 4.98 Å². The number of pyridine rings is 1. The summed E-state index contributed by atoms with van der Waals surface area (Å²) in [5.74, 6) is 0.243. The van der Waals surface area contributed by atoms with E-state index in [1.54, 1.807) is 0 Å². The van der Waals surface area contributed by atoms with Gasteiger partial charge in [0.15, 0.2) is 0 Å². The highest BCUT2D eigenvalue weighted by Gasteiger charge is 2.19. The van der Waals surface area contributed by atoms with Crippen LogP contribution < -0.4 is 5.32 Å². The van der Waals surface area contributed by atoms with Crippen molar-refractivity contribution in [1.82, 2.24) is 9.88 Å². The molecule has 6 nitrogen and oxygen atoms in total. The first kappa shape index (κ1) is 15.0. The van der Waals surface area contributed by atoms with E-state index in [0.29, 0.717) is 0 Å². The van der Waals surface area contributed by atoms with Crippen LogP contribution in [-0.2, 0) is 0 Å². The van der Waals surface area contributed by atoms with Crippen molar-refractivity contribution in [3.05, 3.63) is 27.4 Å². The number of hydrogen-bond acceptors (Lipinski definition) is 5. The third kappa shape index (κ3) is 4.05. The molecule has 1 aliphatic heterocycles. The fraction of sp³-hybridized carbons (Fsp3) is 0.615. The van der Waals surface area contributed by atoms with Crippen LogP contribution in [0.2, 0.25) is 5.15 Å². The molecule has 1 saturated heterocycles. The van der Waals surface area contributed by atoms with Crippen LogP contribution >= 0.6 is 11.6 Å². The van der Waals surface area contributed by atoms with E-state index in [0.717, 1.165) is 19.6 Å². The van der Waals surface area contributed by atoms with Crippen molar-refractivity contribution in [1.29, 1.82) is 0 Å². The molecule has 2 heterocycles. The van der Waals surface area contributed by atoms with Crippen molar-refractivity contribution in [2.45, 2.75) is 32.2 Å². The molecule has 1 aromatic heterocycles. The maximum absolute atomic E-state index is 11.0. The molecule has 1 aromatic rings. The van der Waals surface area contributed by atoms with E-state index in [-0.39, 0.29) is 22.7 Å². The van der Waals surface area contributed by atoms with Gasteiger partial charge in [0.1, 0.15) is 5.15 Å². The molecule has 0 aliphatic carbocycles. The molecule has 0 radical (unpaired) electrons. The fourth-order valence-corrected chi connectivity index (χ4v) is 2.64. The molecule has 110 valence electrons. The molecule has 1 unspecified atom stereocenters. The Morgan fingerprint density at radius 1 is 1.45 bits per heavy atom. The Kier molecular flexibility index (Phi) is 5.14. The second-order valence-corrected chi connectivity index (χ2v) is 5.55. The maximum Gasteiger partial charge on any atom is 0.311 e. The lowest BCUT2D eigenvalue weighted by molar-refractivity contribution is -0.384. The molecule has 0 saturated carbocycles. The van der Waals surface area contributed by atoms with Crippen molar-refractivity contribution in [3.63, 3.8) is 0 Å². The highest BCUT2D eigenvalue weighted by molar-refractivity contribution is 6.29. The monoisotopic (exact) mass is 298 g/mol. The third-order valence-electron chi connectivity index (χ3n) is 3.40. The lowest BCUT2D eigenvalue weighted by Gasteiger charge is -2.29. The van der Waals surface area contributed by atoms with E-state index in [1.807, 2.05) is 6.92 Å². The van der Waals surface area contributed by atoms with Crippen molar-refractivity contribution in [3.8, 4) is 0 Å². The molecule has 2 rings (SSSR count). The Balaban J connectivity index is 2.00. The van der Waals surface area contributed by atoms with Crippen molar-refractivity contribution < 1.29 is 4.92 Å². The molecule has 1 atom stereocenters. The van der Waals surface area contributed by atoms with Gasteiger partial charge in [0.2, 0.25) is 5.82 Å². The standard InChI is InChI=1S/C13H19ClN4O2/c1-10(9-17-7-3-2-4-8-17)15-13-11(18(19)20)5-6-12(14)16-13/h5-6,10H,2-4,7-9H2,1H3,(H,15,16). The first-order valence-electron chi connectivity index (χ1n) is 6.86. The Labute approximate surface area is 123 Å². The lowest BCUT2D eigenvalue weighted by Crippen LogP contribution is -2.38. The van der Waals surface area contributed by atoms with Crippen molar-refractivity contribution in [2.75, 3.05) is 25.0 Å². The van der Waals surface area contributed by atoms with Crippen molar-refractivity contribution in [2.24, 2.45) is 0 Å². The average molecular weight is 299 g/mol. The Morgan fingerprint density at radius 2 is 2.15 bits per heavy atom. The largest absolute Gasteiger partial charge is 0.361 e. The number of nitrogens with one attached hydrogen (secondary N) is 1. The summed E-state index contributed by atoms with van der Waals surface area (Å²) in [5.41, 5.74) is -0.0418. The predicted octanol–water partition coefficient (Wildman–Crippen LogP) is 2.93. The highest BCUT2D eigenvalue weighted by atomic mass is 35.5. The molecule has 0 aromatic carbocycles. The van der Waals surface area contributed by atoms with Crippen LogP contribution in [0.4, 0.5) is 11.5 Å². The molecule has 0 bridgehead atoms. The first-order valence-corrected chi connectivity index (χ1v) is 7.24. The SMILES string of the molecule is CC(CN1CCCCC1)Nc1nc(Cl)ccc1[N+](=O)[O-]. The minimum atomic E-state index is -0.445. The fourth-order valence-electron chi connectivity index (χ4n) is 2.49. The molecule has 7 heteroatoms. The number of anilines is 1. The molecular weight excluding hydrogens is 280 g/mol. The Bertz CT molecular complexity index is 477. The summed E-state index contributed by atoms with van der Waals surface area (Å²) in [7, 11) is 0. The van der Waals surface area contributed by atoms with Gasteiger partial charge in [-0.05, 0) is 38.9 Å². The van der Waals surface area contributed by atoms with E-state index in [4.69, 9.17) is 11.6 Å². The molecule has 1 aliphatic rings. The Morgan fingerprint density at radius 3 is 2.80 bits per heavy atom. The number of nitrogens with zero attached hydrogens (tertiary/aromatic N) is 3. The summed E-state index contributed by atoms with van der Waals surface area (Å²) in [5, 5.41) is 14.3. The number of likely N-dealkylation sites (tertiary alicyclic amines) is 1. The van der Waals surface area contributed by atoms with Crippen LogP contribution in [0.5, 0.6) is 0 Å². The third-order valence-corrected chi connectivity index (χ3v) is 3.61. The molecule has 1 N–H and O–H groups in total. The van der Waals surface area contributed by atoms with Gasteiger partial charge >= 0.3 is 5.69 Å². The van der Waals surface area contributed by atoms with Gasteiger partial charge in [0.25, 0.3) is 0 Å². The smallest absolute Gasteiger partial charge is 0.311 e. The summed E-state index contributed by atoms with van der Waals surface area (Å²) in [6.07, 6.45) is 3.74. The summed E-state index contributed by atoms with van der Waals surface area (Å²) in [6.45, 7) is 5.04. The number of aromatic nitrogens is 1. The average Bonchev–Trinajstić information content (AvgIpc) is 2.39. The predicted molar refractivity (Wildman–Crippen MR) is 79.3 cm³/mol. The molecule has 0 spiro atoms. The van der Waals surface area contributed by atoms with Crippen LogP contribution in [0.25, 0.3) is 0 Å². The second-order valence-electron chi connectivity index (χ2n) is 5.17. The number of piperidine rings is 1. The van der Waals surface area contributed by atoms with E-state index in [1.165, 1.54) is 31.4 Å². The van der Waals surface area contributed by atoms with Gasteiger partial charge in [-0.2, -0.15) is 0 Å². The topological polar surface area (TPSA) is 71.3 Å². The number of nitro groups is 1. The van der Waals surface area contributed by atoms with Crippen molar-refractivity contribution >= 4 is 23.1 Å². The minimum Gasteiger partial charge on any atom is -0.361 e. The molecule has 20 heavy (non-hydrogen) atoms. The zero-order valence-corrected chi connectivity index (χ0v) is 12.3. The van der Waals surface area contributed by atoms with Gasteiger partial charge in [0, 0.05) is 18.7 Å². The summed E-state index contributed by atoms with van der Waals surface area (Å²) >= 11 is 5.81. The van der Waals surface area contributed by atoms with E-state index in [2.05, 4.69) is 15.2 Å². The van der Waals surface area contributed by atoms with Crippen LogP contribution in [0, 0.1) is 10.1 Å². The van der Waals surface area contributed by atoms with Crippen LogP contribution in [0.15, 0.2) is 12.1 Å². The normalized spacial score (nSPS) is 17.7. The minimum absolute atomic E-state index is 0.0418. The van der Waals surface area contributed by atoms with Gasteiger partial charge in [-0.1, -0.05) is 18.0 Å². The zero-order valence-electron chi connectivity index (χ0n) is 11.5. The van der Waals surface area contributed by atoms with Crippen LogP contribution in [-0.4, -0.2) is 40.5 Å². The lowest BCUT2D eigenvalue weighted by atomic mass is 10.1. The summed E-state index contributed by atoms with van der Waals surface area (Å²) in [6, 6.07) is 2.89. The Hall–Kier alpha value is -1.40. The summed E-state index contributed by atoms with van der Waals surface area (Å²) in [4.78, 5) is 16.9. The summed E-state index contributed by atoms with van der Waals surface area (Å²) < 4.78 is 0. The van der Waals surface area contributed by atoms with Gasteiger partial charge in [-0.15, -0.1) is 0 Å². The van der Waals surface area contributed by atoms with Crippen LogP contribution in [0.1, 0.15) is 26.2 Å². The van der Waals surface area contributed by atoms with Gasteiger partial charge in [0.05, 0.1) is 4.92 Å². The van der Waals surface area contributed by atoms with Crippen LogP contribution in [0.3, 0.4) is 0 Å². The molecule has 1 fully saturated rings. The highest BCUT2D eigenvalue weighted by Crippen LogP contribution is 2.24. The van der Waals surface area contributed by atoms with Gasteiger partial charge < -0.3 is 10.2 Å².